The van der Waals surface area contributed by atoms with Gasteiger partial charge < -0.3 is 10.6 Å². The predicted molar refractivity (Wildman–Crippen MR) is 53.9 cm³/mol. The van der Waals surface area contributed by atoms with Crippen molar-refractivity contribution in [2.75, 3.05) is 32.7 Å². The van der Waals surface area contributed by atoms with Crippen molar-refractivity contribution in [3.8, 4) is 0 Å². The predicted octanol–water partition coefficient (Wildman–Crippen LogP) is -0.0477. The van der Waals surface area contributed by atoms with E-state index >= 15 is 0 Å². The lowest BCUT2D eigenvalue weighted by molar-refractivity contribution is 0.157. The zero-order chi connectivity index (χ0) is 9.15. The van der Waals surface area contributed by atoms with Gasteiger partial charge in [0.25, 0.3) is 0 Å². The third-order valence-electron chi connectivity index (χ3n) is 3.46. The van der Waals surface area contributed by atoms with Crippen LogP contribution in [0.5, 0.6) is 0 Å². The first-order chi connectivity index (χ1) is 6.31. The summed E-state index contributed by atoms with van der Waals surface area (Å²) in [6.45, 7) is 7.82. The van der Waals surface area contributed by atoms with Gasteiger partial charge in [-0.3, -0.25) is 0 Å². The molecule has 1 atom stereocenters. The van der Waals surface area contributed by atoms with Gasteiger partial charge in [0.15, 0.2) is 0 Å². The monoisotopic (exact) mass is 182 g/mol. The van der Waals surface area contributed by atoms with Crippen molar-refractivity contribution in [3.63, 3.8) is 0 Å². The molecule has 0 aromatic carbocycles. The van der Waals surface area contributed by atoms with Crippen LogP contribution in [0.1, 0.15) is 19.8 Å². The fourth-order valence-corrected chi connectivity index (χ4v) is 2.50. The van der Waals surface area contributed by atoms with Crippen LogP contribution in [0, 0.1) is 5.92 Å². The minimum atomic E-state index is 0.223. The molecule has 0 amide bonds. The molecule has 0 aromatic rings. The Kier molecular flexibility index (Phi) is 2.86. The maximum atomic E-state index is 4.79. The van der Waals surface area contributed by atoms with Gasteiger partial charge in [0.1, 0.15) is 0 Å². The molecule has 2 fully saturated rings. The number of piperazine rings is 1. The van der Waals surface area contributed by atoms with Gasteiger partial charge in [-0.1, -0.05) is 0 Å². The topological polar surface area (TPSA) is 38.2 Å². The molecular weight excluding hydrogens is 162 g/mol. The molecule has 2 aliphatic rings. The minimum absolute atomic E-state index is 0.223. The number of piperidine rings is 1. The highest BCUT2D eigenvalue weighted by Gasteiger charge is 2.36. The van der Waals surface area contributed by atoms with Crippen LogP contribution in [0.3, 0.4) is 0 Å². The van der Waals surface area contributed by atoms with Crippen LogP contribution in [0.4, 0.5) is 0 Å². The third-order valence-corrected chi connectivity index (χ3v) is 3.46. The molecule has 2 aliphatic heterocycles. The average molecular weight is 182 g/mol. The van der Waals surface area contributed by atoms with Gasteiger partial charge >= 0.3 is 0 Å². The maximum Gasteiger partial charge on any atom is 0.0482 e. The summed E-state index contributed by atoms with van der Waals surface area (Å²) in [5, 5.41) is 11.7. The molecule has 0 bridgehead atoms. The van der Waals surface area contributed by atoms with Crippen LogP contribution in [0.2, 0.25) is 0 Å². The highest BCUT2D eigenvalue weighted by molar-refractivity contribution is 4.96. The molecule has 0 aliphatic carbocycles. The minimum Gasteiger partial charge on any atom is -0.317 e. The van der Waals surface area contributed by atoms with E-state index in [0.29, 0.717) is 0 Å². The normalized spacial score (nSPS) is 37.6. The van der Waals surface area contributed by atoms with Crippen molar-refractivity contribution >= 4 is 0 Å². The number of nitrogens with one attached hydrogen (secondary N) is 2. The molecule has 13 heavy (non-hydrogen) atoms. The van der Waals surface area contributed by atoms with Gasteiger partial charge in [-0.2, -0.15) is 0 Å². The largest absolute Gasteiger partial charge is 0.317 e. The van der Waals surface area contributed by atoms with Crippen molar-refractivity contribution < 1.29 is 0 Å². The molecule has 2 N–H and O–H groups in total. The Morgan fingerprint density at radius 2 is 1.92 bits per heavy atom. The lowest BCUT2D eigenvalue weighted by Crippen LogP contribution is -2.59. The maximum absolute atomic E-state index is 4.79. The molecule has 2 heterocycles. The Labute approximate surface area is 80.7 Å². The molecule has 1 radical (unpaired) electrons. The third kappa shape index (κ3) is 2.03. The van der Waals surface area contributed by atoms with E-state index in [1.54, 1.807) is 0 Å². The summed E-state index contributed by atoms with van der Waals surface area (Å²) in [7, 11) is 0. The van der Waals surface area contributed by atoms with E-state index in [9.17, 15) is 0 Å². The second-order valence-electron chi connectivity index (χ2n) is 4.44. The first kappa shape index (κ1) is 9.44. The molecular formula is C10H20N3. The Morgan fingerprint density at radius 1 is 1.15 bits per heavy atom. The van der Waals surface area contributed by atoms with Crippen molar-refractivity contribution in [1.82, 2.24) is 16.0 Å². The first-order valence-corrected chi connectivity index (χ1v) is 5.41. The van der Waals surface area contributed by atoms with Crippen LogP contribution in [-0.2, 0) is 0 Å². The second kappa shape index (κ2) is 3.95. The van der Waals surface area contributed by atoms with Gasteiger partial charge in [-0.05, 0) is 38.8 Å². The number of hydrogen-bond donors (Lipinski definition) is 2. The van der Waals surface area contributed by atoms with E-state index < -0.39 is 0 Å². The Balaban J connectivity index is 1.94. The van der Waals surface area contributed by atoms with E-state index in [2.05, 4.69) is 17.6 Å². The Morgan fingerprint density at radius 3 is 2.54 bits per heavy atom. The molecule has 0 spiro atoms. The summed E-state index contributed by atoms with van der Waals surface area (Å²) in [6, 6.07) is 0. The average Bonchev–Trinajstić information content (AvgIpc) is 2.20. The van der Waals surface area contributed by atoms with Crippen molar-refractivity contribution in [2.45, 2.75) is 25.3 Å². The van der Waals surface area contributed by atoms with E-state index in [1.807, 2.05) is 0 Å². The molecule has 75 valence electrons. The van der Waals surface area contributed by atoms with Crippen LogP contribution >= 0.6 is 0 Å². The van der Waals surface area contributed by atoms with Crippen LogP contribution < -0.4 is 16.0 Å². The molecule has 2 rings (SSSR count). The van der Waals surface area contributed by atoms with Crippen LogP contribution in [0.15, 0.2) is 0 Å². The zero-order valence-corrected chi connectivity index (χ0v) is 8.47. The fourth-order valence-electron chi connectivity index (χ4n) is 2.50. The number of nitrogens with zero attached hydrogens (tertiary/aromatic N) is 1. The molecule has 2 saturated heterocycles. The molecule has 0 saturated carbocycles. The molecule has 3 nitrogen and oxygen atoms in total. The van der Waals surface area contributed by atoms with Gasteiger partial charge in [-0.25, -0.2) is 5.32 Å². The Bertz CT molecular complexity index is 158. The lowest BCUT2D eigenvalue weighted by Gasteiger charge is -2.42. The smallest absolute Gasteiger partial charge is 0.0482 e. The number of rotatable bonds is 1. The highest BCUT2D eigenvalue weighted by Crippen LogP contribution is 2.27. The summed E-state index contributed by atoms with van der Waals surface area (Å²) < 4.78 is 0. The summed E-state index contributed by atoms with van der Waals surface area (Å²) in [4.78, 5) is 0. The van der Waals surface area contributed by atoms with Gasteiger partial charge in [0, 0.05) is 25.2 Å². The first-order valence-electron chi connectivity index (χ1n) is 5.41. The molecule has 0 aromatic heterocycles. The zero-order valence-electron chi connectivity index (χ0n) is 8.47. The van der Waals surface area contributed by atoms with E-state index in [1.165, 1.54) is 25.9 Å². The SMILES string of the molecule is CC1(C2CCNCC2)CNCC[N]1. The van der Waals surface area contributed by atoms with E-state index in [4.69, 9.17) is 5.32 Å². The lowest BCUT2D eigenvalue weighted by atomic mass is 9.78. The molecule has 3 heteroatoms. The standard InChI is InChI=1S/C10H20N3/c1-10(8-12-6-7-13-10)9-2-4-11-5-3-9/h9,11-12H,2-8H2,1H3. The van der Waals surface area contributed by atoms with Crippen molar-refractivity contribution in [1.29, 1.82) is 0 Å². The van der Waals surface area contributed by atoms with Crippen LogP contribution in [0.25, 0.3) is 0 Å². The van der Waals surface area contributed by atoms with E-state index in [0.717, 1.165) is 25.6 Å². The molecule has 1 unspecified atom stereocenters. The van der Waals surface area contributed by atoms with Gasteiger partial charge in [-0.15, -0.1) is 0 Å². The quantitative estimate of drug-likeness (QED) is 0.597. The van der Waals surface area contributed by atoms with Gasteiger partial charge in [0.2, 0.25) is 0 Å². The van der Waals surface area contributed by atoms with Crippen molar-refractivity contribution in [3.05, 3.63) is 0 Å². The van der Waals surface area contributed by atoms with E-state index in [-0.39, 0.29) is 5.54 Å². The second-order valence-corrected chi connectivity index (χ2v) is 4.44. The summed E-state index contributed by atoms with van der Waals surface area (Å²) in [5.74, 6) is 0.793. The van der Waals surface area contributed by atoms with Crippen molar-refractivity contribution in [2.24, 2.45) is 5.92 Å². The summed E-state index contributed by atoms with van der Waals surface area (Å²) in [5.41, 5.74) is 0.223. The summed E-state index contributed by atoms with van der Waals surface area (Å²) in [6.07, 6.45) is 2.59. The van der Waals surface area contributed by atoms with Gasteiger partial charge in [0.05, 0.1) is 0 Å². The summed E-state index contributed by atoms with van der Waals surface area (Å²) >= 11 is 0. The highest BCUT2D eigenvalue weighted by atomic mass is 15.1. The number of hydrogen-bond acceptors (Lipinski definition) is 2. The fraction of sp³-hybridized carbons (Fsp3) is 1.00. The van der Waals surface area contributed by atoms with Crippen LogP contribution in [-0.4, -0.2) is 38.3 Å². The Hall–Kier alpha value is -0.120.